The highest BCUT2D eigenvalue weighted by Gasteiger charge is 2.21. The Hall–Kier alpha value is -1.52. The topological polar surface area (TPSA) is 101 Å². The molecular weight excluding hydrogens is 354 g/mol. The zero-order valence-electron chi connectivity index (χ0n) is 9.16. The van der Waals surface area contributed by atoms with Gasteiger partial charge in [-0.1, -0.05) is 6.07 Å². The summed E-state index contributed by atoms with van der Waals surface area (Å²) < 4.78 is 35.6. The van der Waals surface area contributed by atoms with Crippen molar-refractivity contribution in [1.82, 2.24) is 18.9 Å². The molecule has 0 atom stereocenters. The summed E-state index contributed by atoms with van der Waals surface area (Å²) in [7, 11) is -3.75. The van der Waals surface area contributed by atoms with E-state index in [1.165, 1.54) is 12.3 Å². The first kappa shape index (κ1) is 12.5. The van der Waals surface area contributed by atoms with Crippen molar-refractivity contribution >= 4 is 54.5 Å². The Labute approximate surface area is 120 Å². The molecule has 2 N–H and O–H groups in total. The standard InChI is InChI=1S/C9H6BrN5O2S2/c10-5-4-11-12-9(5)15-19(16,17)7-3-1-2-6-8(7)14-18-13-6/h1-4H,(H2,11,12,15). The molecule has 98 valence electrons. The molecule has 0 aliphatic rings. The molecule has 0 saturated heterocycles. The number of nitrogens with zero attached hydrogens (tertiary/aromatic N) is 3. The molecule has 0 saturated carbocycles. The molecule has 0 bridgehead atoms. The van der Waals surface area contributed by atoms with Crippen molar-refractivity contribution in [1.29, 1.82) is 0 Å². The zero-order chi connectivity index (χ0) is 13.5. The summed E-state index contributed by atoms with van der Waals surface area (Å²) in [5.41, 5.74) is 0.909. The van der Waals surface area contributed by atoms with Gasteiger partial charge in [-0.15, -0.1) is 0 Å². The van der Waals surface area contributed by atoms with E-state index in [-0.39, 0.29) is 10.7 Å². The van der Waals surface area contributed by atoms with Gasteiger partial charge in [-0.3, -0.25) is 9.82 Å². The number of aromatic amines is 1. The summed E-state index contributed by atoms with van der Waals surface area (Å²) >= 11 is 4.16. The van der Waals surface area contributed by atoms with E-state index in [2.05, 4.69) is 39.6 Å². The molecule has 2 heterocycles. The molecule has 0 radical (unpaired) electrons. The molecule has 2 aromatic heterocycles. The summed E-state index contributed by atoms with van der Waals surface area (Å²) in [5.74, 6) is 0.264. The highest BCUT2D eigenvalue weighted by molar-refractivity contribution is 9.10. The Kier molecular flexibility index (Phi) is 2.99. The third-order valence-electron chi connectivity index (χ3n) is 2.37. The van der Waals surface area contributed by atoms with Gasteiger partial charge >= 0.3 is 0 Å². The zero-order valence-corrected chi connectivity index (χ0v) is 12.4. The van der Waals surface area contributed by atoms with Crippen molar-refractivity contribution in [2.75, 3.05) is 4.72 Å². The second kappa shape index (κ2) is 4.54. The highest BCUT2D eigenvalue weighted by atomic mass is 79.9. The number of benzene rings is 1. The fourth-order valence-corrected chi connectivity index (χ4v) is 3.76. The maximum Gasteiger partial charge on any atom is 0.265 e. The molecule has 0 fully saturated rings. The van der Waals surface area contributed by atoms with Crippen LogP contribution in [0, 0.1) is 0 Å². The maximum atomic E-state index is 12.3. The summed E-state index contributed by atoms with van der Waals surface area (Å²) in [6.07, 6.45) is 1.46. The van der Waals surface area contributed by atoms with Gasteiger partial charge in [0, 0.05) is 0 Å². The predicted molar refractivity (Wildman–Crippen MR) is 74.5 cm³/mol. The van der Waals surface area contributed by atoms with Crippen LogP contribution < -0.4 is 4.72 Å². The van der Waals surface area contributed by atoms with E-state index in [1.807, 2.05) is 0 Å². The molecule has 7 nitrogen and oxygen atoms in total. The number of nitrogens with one attached hydrogen (secondary N) is 2. The van der Waals surface area contributed by atoms with Crippen molar-refractivity contribution < 1.29 is 8.42 Å². The van der Waals surface area contributed by atoms with Crippen LogP contribution in [-0.2, 0) is 10.0 Å². The number of sulfonamides is 1. The van der Waals surface area contributed by atoms with Gasteiger partial charge in [0.05, 0.1) is 22.4 Å². The lowest BCUT2D eigenvalue weighted by atomic mass is 10.3. The molecule has 3 rings (SSSR count). The summed E-state index contributed by atoms with van der Waals surface area (Å²) in [6, 6.07) is 4.82. The van der Waals surface area contributed by atoms with Crippen LogP contribution in [0.5, 0.6) is 0 Å². The van der Waals surface area contributed by atoms with Gasteiger partial charge in [0.2, 0.25) is 0 Å². The van der Waals surface area contributed by atoms with Crippen LogP contribution in [0.3, 0.4) is 0 Å². The van der Waals surface area contributed by atoms with E-state index < -0.39 is 10.0 Å². The molecule has 10 heteroatoms. The SMILES string of the molecule is O=S(=O)(Nc1[nH]ncc1Br)c1cccc2nsnc12. The minimum absolute atomic E-state index is 0.0836. The van der Waals surface area contributed by atoms with Crippen LogP contribution in [0.15, 0.2) is 33.8 Å². The fraction of sp³-hybridized carbons (Fsp3) is 0. The summed E-state index contributed by atoms with van der Waals surface area (Å²) in [5, 5.41) is 6.28. The number of H-pyrrole nitrogens is 1. The molecule has 0 spiro atoms. The molecule has 19 heavy (non-hydrogen) atoms. The monoisotopic (exact) mass is 359 g/mol. The first-order chi connectivity index (χ1) is 9.08. The Morgan fingerprint density at radius 3 is 2.89 bits per heavy atom. The van der Waals surface area contributed by atoms with Gasteiger partial charge < -0.3 is 0 Å². The van der Waals surface area contributed by atoms with Gasteiger partial charge in [0.15, 0.2) is 0 Å². The quantitative estimate of drug-likeness (QED) is 0.744. The number of aromatic nitrogens is 4. The smallest absolute Gasteiger partial charge is 0.263 e. The van der Waals surface area contributed by atoms with E-state index in [4.69, 9.17) is 0 Å². The number of rotatable bonds is 3. The predicted octanol–water partition coefficient (Wildman–Crippen LogP) is 1.98. The Bertz CT molecular complexity index is 841. The van der Waals surface area contributed by atoms with Crippen LogP contribution in [0.4, 0.5) is 5.82 Å². The lowest BCUT2D eigenvalue weighted by Gasteiger charge is -2.06. The molecule has 3 aromatic rings. The van der Waals surface area contributed by atoms with E-state index >= 15 is 0 Å². The largest absolute Gasteiger partial charge is 0.265 e. The molecule has 1 aromatic carbocycles. The fourth-order valence-electron chi connectivity index (χ4n) is 1.53. The van der Waals surface area contributed by atoms with Gasteiger partial charge in [-0.05, 0) is 28.1 Å². The average Bonchev–Trinajstić information content (AvgIpc) is 2.98. The Morgan fingerprint density at radius 1 is 1.32 bits per heavy atom. The number of halogens is 1. The van der Waals surface area contributed by atoms with Gasteiger partial charge in [-0.2, -0.15) is 13.8 Å². The highest BCUT2D eigenvalue weighted by Crippen LogP contribution is 2.25. The number of hydrogen-bond acceptors (Lipinski definition) is 6. The van der Waals surface area contributed by atoms with E-state index in [1.54, 1.807) is 12.1 Å². The number of hydrogen-bond donors (Lipinski definition) is 2. The van der Waals surface area contributed by atoms with Crippen LogP contribution >= 0.6 is 27.7 Å². The van der Waals surface area contributed by atoms with E-state index in [0.717, 1.165) is 11.7 Å². The molecule has 0 aliphatic carbocycles. The molecule has 0 unspecified atom stereocenters. The van der Waals surface area contributed by atoms with Crippen LogP contribution in [-0.4, -0.2) is 27.4 Å². The summed E-state index contributed by atoms with van der Waals surface area (Å²) in [6.45, 7) is 0. The first-order valence-corrected chi connectivity index (χ1v) is 8.01. The second-order valence-corrected chi connectivity index (χ2v) is 6.62. The lowest BCUT2D eigenvalue weighted by molar-refractivity contribution is 0.601. The minimum atomic E-state index is -3.75. The van der Waals surface area contributed by atoms with Crippen LogP contribution in [0.2, 0.25) is 0 Å². The minimum Gasteiger partial charge on any atom is -0.263 e. The molecular formula is C9H6BrN5O2S2. The van der Waals surface area contributed by atoms with E-state index in [0.29, 0.717) is 15.5 Å². The Morgan fingerprint density at radius 2 is 2.16 bits per heavy atom. The summed E-state index contributed by atoms with van der Waals surface area (Å²) in [4.78, 5) is 0.0836. The van der Waals surface area contributed by atoms with Gasteiger partial charge in [0.25, 0.3) is 10.0 Å². The number of anilines is 1. The van der Waals surface area contributed by atoms with Crippen molar-refractivity contribution in [2.24, 2.45) is 0 Å². The normalized spacial score (nSPS) is 11.8. The first-order valence-electron chi connectivity index (χ1n) is 5.01. The number of fused-ring (bicyclic) bond motifs is 1. The van der Waals surface area contributed by atoms with Crippen molar-refractivity contribution in [2.45, 2.75) is 4.90 Å². The van der Waals surface area contributed by atoms with Crippen molar-refractivity contribution in [3.63, 3.8) is 0 Å². The van der Waals surface area contributed by atoms with Crippen molar-refractivity contribution in [3.8, 4) is 0 Å². The Balaban J connectivity index is 2.10. The van der Waals surface area contributed by atoms with E-state index in [9.17, 15) is 8.42 Å². The second-order valence-electron chi connectivity index (χ2n) is 3.59. The van der Waals surface area contributed by atoms with Gasteiger partial charge in [0.1, 0.15) is 21.7 Å². The molecule has 0 aliphatic heterocycles. The lowest BCUT2D eigenvalue weighted by Crippen LogP contribution is -2.14. The average molecular weight is 360 g/mol. The van der Waals surface area contributed by atoms with Gasteiger partial charge in [-0.25, -0.2) is 8.42 Å². The third kappa shape index (κ3) is 2.22. The van der Waals surface area contributed by atoms with Crippen LogP contribution in [0.1, 0.15) is 0 Å². The van der Waals surface area contributed by atoms with Crippen molar-refractivity contribution in [3.05, 3.63) is 28.9 Å². The molecule has 0 amide bonds. The third-order valence-corrected chi connectivity index (χ3v) is 4.89. The maximum absolute atomic E-state index is 12.3. The van der Waals surface area contributed by atoms with Crippen LogP contribution in [0.25, 0.3) is 11.0 Å².